The molecule has 4 nitrogen and oxygen atoms in total. The van der Waals surface area contributed by atoms with Crippen LogP contribution in [-0.4, -0.2) is 38.3 Å². The summed E-state index contributed by atoms with van der Waals surface area (Å²) in [5.74, 6) is 0.377. The number of aryl methyl sites for hydroxylation is 1. The van der Waals surface area contributed by atoms with E-state index in [2.05, 4.69) is 15.9 Å². The minimum atomic E-state index is -3.22. The van der Waals surface area contributed by atoms with Gasteiger partial charge in [-0.3, -0.25) is 4.79 Å². The predicted molar refractivity (Wildman–Crippen MR) is 110 cm³/mol. The maximum Gasteiger partial charge on any atom is 0.233 e. The number of benzene rings is 2. The molecule has 0 aliphatic carbocycles. The van der Waals surface area contributed by atoms with Gasteiger partial charge in [0.05, 0.1) is 16.7 Å². The van der Waals surface area contributed by atoms with Crippen molar-refractivity contribution in [2.45, 2.75) is 29.7 Å². The molecule has 0 heterocycles. The Morgan fingerprint density at radius 1 is 1.19 bits per heavy atom. The molecule has 0 aromatic heterocycles. The molecule has 2 aromatic carbocycles. The summed E-state index contributed by atoms with van der Waals surface area (Å²) in [6, 6.07) is 12.6. The number of sulfone groups is 1. The van der Waals surface area contributed by atoms with Crippen molar-refractivity contribution < 1.29 is 13.2 Å². The van der Waals surface area contributed by atoms with Crippen LogP contribution in [0, 0.1) is 6.92 Å². The van der Waals surface area contributed by atoms with Crippen LogP contribution in [0.3, 0.4) is 0 Å². The Morgan fingerprint density at radius 2 is 1.81 bits per heavy atom. The van der Waals surface area contributed by atoms with E-state index >= 15 is 0 Å². The number of nitrogens with zero attached hydrogens (tertiary/aromatic N) is 1. The van der Waals surface area contributed by atoms with E-state index in [0.717, 1.165) is 20.5 Å². The van der Waals surface area contributed by atoms with E-state index in [9.17, 15) is 13.2 Å². The number of thioether (sulfide) groups is 1. The highest BCUT2D eigenvalue weighted by molar-refractivity contribution is 9.10. The van der Waals surface area contributed by atoms with Gasteiger partial charge < -0.3 is 4.90 Å². The van der Waals surface area contributed by atoms with E-state index in [0.29, 0.717) is 5.75 Å². The van der Waals surface area contributed by atoms with Crippen molar-refractivity contribution in [3.05, 3.63) is 58.1 Å². The topological polar surface area (TPSA) is 54.5 Å². The summed E-state index contributed by atoms with van der Waals surface area (Å²) in [5.41, 5.74) is 2.03. The van der Waals surface area contributed by atoms with Crippen LogP contribution >= 0.6 is 27.7 Å². The zero-order valence-electron chi connectivity index (χ0n) is 15.2. The maximum absolute atomic E-state index is 12.5. The van der Waals surface area contributed by atoms with Gasteiger partial charge in [-0.25, -0.2) is 8.42 Å². The zero-order valence-corrected chi connectivity index (χ0v) is 18.4. The average Bonchev–Trinajstić information content (AvgIpc) is 2.58. The fraction of sp³-hybridized carbons (Fsp3) is 0.316. The van der Waals surface area contributed by atoms with Crippen molar-refractivity contribution in [3.8, 4) is 0 Å². The molecule has 26 heavy (non-hydrogen) atoms. The predicted octanol–water partition coefficient (Wildman–Crippen LogP) is 4.47. The van der Waals surface area contributed by atoms with E-state index < -0.39 is 9.84 Å². The lowest BCUT2D eigenvalue weighted by Gasteiger charge is -2.25. The Hall–Kier alpha value is -1.31. The second-order valence-corrected chi connectivity index (χ2v) is 10.2. The van der Waals surface area contributed by atoms with Gasteiger partial charge in [0.2, 0.25) is 5.91 Å². The Balaban J connectivity index is 2.02. The summed E-state index contributed by atoms with van der Waals surface area (Å²) in [4.78, 5) is 15.6. The lowest BCUT2D eigenvalue weighted by Crippen LogP contribution is -2.31. The van der Waals surface area contributed by atoms with Crippen LogP contribution in [0.5, 0.6) is 0 Å². The SMILES string of the molecule is Cc1cc(Br)ccc1SCC(=O)N(C)[C@H](C)c1ccc(S(C)(=O)=O)cc1. The van der Waals surface area contributed by atoms with E-state index in [1.54, 1.807) is 36.2 Å². The van der Waals surface area contributed by atoms with Crippen molar-refractivity contribution in [1.29, 1.82) is 0 Å². The molecule has 2 aromatic rings. The minimum Gasteiger partial charge on any atom is -0.338 e. The van der Waals surface area contributed by atoms with Gasteiger partial charge in [0.1, 0.15) is 0 Å². The fourth-order valence-corrected chi connectivity index (χ4v) is 4.49. The molecule has 140 valence electrons. The lowest BCUT2D eigenvalue weighted by atomic mass is 10.1. The van der Waals surface area contributed by atoms with Crippen molar-refractivity contribution in [1.82, 2.24) is 4.90 Å². The molecule has 0 saturated carbocycles. The molecular weight excluding hydrogens is 434 g/mol. The summed E-state index contributed by atoms with van der Waals surface area (Å²) in [7, 11) is -1.45. The Morgan fingerprint density at radius 3 is 2.35 bits per heavy atom. The third kappa shape index (κ3) is 5.34. The van der Waals surface area contributed by atoms with E-state index in [1.807, 2.05) is 32.0 Å². The third-order valence-electron chi connectivity index (χ3n) is 4.25. The van der Waals surface area contributed by atoms with Crippen molar-refractivity contribution in [2.75, 3.05) is 19.1 Å². The minimum absolute atomic E-state index is 0.0250. The van der Waals surface area contributed by atoms with E-state index in [4.69, 9.17) is 0 Å². The van der Waals surface area contributed by atoms with Gasteiger partial charge >= 0.3 is 0 Å². The van der Waals surface area contributed by atoms with Crippen LogP contribution in [0.4, 0.5) is 0 Å². The quantitative estimate of drug-likeness (QED) is 0.602. The van der Waals surface area contributed by atoms with Crippen LogP contribution in [0.15, 0.2) is 56.7 Å². The van der Waals surface area contributed by atoms with Crippen molar-refractivity contribution in [2.24, 2.45) is 0 Å². The van der Waals surface area contributed by atoms with Crippen molar-refractivity contribution >= 4 is 43.4 Å². The smallest absolute Gasteiger partial charge is 0.233 e. The second-order valence-electron chi connectivity index (χ2n) is 6.22. The van der Waals surface area contributed by atoms with E-state index in [1.165, 1.54) is 18.0 Å². The van der Waals surface area contributed by atoms with Crippen LogP contribution in [-0.2, 0) is 14.6 Å². The van der Waals surface area contributed by atoms with Crippen molar-refractivity contribution in [3.63, 3.8) is 0 Å². The van der Waals surface area contributed by atoms with Crippen LogP contribution in [0.1, 0.15) is 24.1 Å². The number of carbonyl (C=O) groups is 1. The number of rotatable bonds is 6. The molecule has 0 aliphatic heterocycles. The standard InChI is InChI=1S/C19H22BrNO3S2/c1-13-11-16(20)7-10-18(13)25-12-19(22)21(3)14(2)15-5-8-17(9-6-15)26(4,23)24/h5-11,14H,12H2,1-4H3/t14-/m1/s1. The normalized spacial score (nSPS) is 12.7. The van der Waals surface area contributed by atoms with Gasteiger partial charge in [0.25, 0.3) is 0 Å². The molecular formula is C19H22BrNO3S2. The largest absolute Gasteiger partial charge is 0.338 e. The van der Waals surface area contributed by atoms with Gasteiger partial charge in [-0.15, -0.1) is 11.8 Å². The molecule has 0 spiro atoms. The van der Waals surface area contributed by atoms with Gasteiger partial charge in [-0.2, -0.15) is 0 Å². The molecule has 0 N–H and O–H groups in total. The van der Waals surface area contributed by atoms with Gasteiger partial charge in [-0.05, 0) is 55.3 Å². The molecule has 7 heteroatoms. The number of hydrogen-bond acceptors (Lipinski definition) is 4. The maximum atomic E-state index is 12.5. The summed E-state index contributed by atoms with van der Waals surface area (Å²) >= 11 is 4.96. The number of hydrogen-bond donors (Lipinski definition) is 0. The lowest BCUT2D eigenvalue weighted by molar-refractivity contribution is -0.128. The zero-order chi connectivity index (χ0) is 19.5. The first-order valence-corrected chi connectivity index (χ1v) is 11.7. The molecule has 2 rings (SSSR count). The molecule has 1 atom stereocenters. The molecule has 0 bridgehead atoms. The van der Waals surface area contributed by atoms with Crippen LogP contribution in [0.2, 0.25) is 0 Å². The van der Waals surface area contributed by atoms with Gasteiger partial charge in [-0.1, -0.05) is 28.1 Å². The molecule has 0 aliphatic rings. The summed E-state index contributed by atoms with van der Waals surface area (Å²) in [6.07, 6.45) is 1.18. The first-order chi connectivity index (χ1) is 12.1. The third-order valence-corrected chi connectivity index (χ3v) is 7.04. The summed E-state index contributed by atoms with van der Waals surface area (Å²) in [6.45, 7) is 3.95. The highest BCUT2D eigenvalue weighted by Gasteiger charge is 2.18. The monoisotopic (exact) mass is 455 g/mol. The molecule has 1 amide bonds. The highest BCUT2D eigenvalue weighted by atomic mass is 79.9. The Kier molecular flexibility index (Phi) is 6.93. The van der Waals surface area contributed by atoms with Gasteiger partial charge in [0, 0.05) is 22.7 Å². The number of carbonyl (C=O) groups excluding carboxylic acids is 1. The first-order valence-electron chi connectivity index (χ1n) is 8.04. The molecule has 0 radical (unpaired) electrons. The Bertz CT molecular complexity index is 896. The highest BCUT2D eigenvalue weighted by Crippen LogP contribution is 2.27. The molecule has 0 unspecified atom stereocenters. The second kappa shape index (κ2) is 8.59. The number of amides is 1. The summed E-state index contributed by atoms with van der Waals surface area (Å²) in [5, 5.41) is 0. The Labute approximate surface area is 168 Å². The average molecular weight is 456 g/mol. The fourth-order valence-electron chi connectivity index (χ4n) is 2.45. The molecule has 0 fully saturated rings. The molecule has 0 saturated heterocycles. The van der Waals surface area contributed by atoms with Crippen LogP contribution in [0.25, 0.3) is 0 Å². The van der Waals surface area contributed by atoms with Crippen LogP contribution < -0.4 is 0 Å². The first kappa shape index (κ1) is 21.0. The summed E-state index contributed by atoms with van der Waals surface area (Å²) < 4.78 is 24.1. The van der Waals surface area contributed by atoms with Gasteiger partial charge in [0.15, 0.2) is 9.84 Å². The number of halogens is 1. The van der Waals surface area contributed by atoms with E-state index in [-0.39, 0.29) is 16.8 Å².